The highest BCUT2D eigenvalue weighted by Gasteiger charge is 2.31. The first kappa shape index (κ1) is 14.9. The third-order valence-corrected chi connectivity index (χ3v) is 3.49. The van der Waals surface area contributed by atoms with E-state index in [1.807, 2.05) is 12.1 Å². The zero-order chi connectivity index (χ0) is 14.8. The molecule has 1 aromatic rings. The molecule has 1 aromatic carbocycles. The first-order chi connectivity index (χ1) is 9.39. The maximum Gasteiger partial charge on any atom is 0.414 e. The number of benzene rings is 1. The molecule has 0 saturated carbocycles. The fourth-order valence-corrected chi connectivity index (χ4v) is 2.19. The van der Waals surface area contributed by atoms with E-state index < -0.39 is 6.10 Å². The van der Waals surface area contributed by atoms with Crippen molar-refractivity contribution in [3.8, 4) is 0 Å². The third-order valence-electron chi connectivity index (χ3n) is 3.49. The molecule has 110 valence electrons. The molecule has 0 bridgehead atoms. The molecule has 0 aromatic heterocycles. The van der Waals surface area contributed by atoms with Gasteiger partial charge in [0.1, 0.15) is 6.10 Å². The van der Waals surface area contributed by atoms with E-state index in [9.17, 15) is 4.79 Å². The zero-order valence-electron chi connectivity index (χ0n) is 12.4. The molecule has 1 heterocycles. The minimum atomic E-state index is -0.414. The molecule has 0 spiro atoms. The lowest BCUT2D eigenvalue weighted by atomic mass is 9.89. The molecule has 4 heteroatoms. The fourth-order valence-electron chi connectivity index (χ4n) is 2.19. The average molecular weight is 277 g/mol. The van der Waals surface area contributed by atoms with Crippen LogP contribution in [0.25, 0.3) is 0 Å². The molecule has 20 heavy (non-hydrogen) atoms. The minimum Gasteiger partial charge on any atom is -0.441 e. The van der Waals surface area contributed by atoms with Crippen LogP contribution in [-0.4, -0.2) is 30.5 Å². The van der Waals surface area contributed by atoms with E-state index in [0.29, 0.717) is 12.0 Å². The van der Waals surface area contributed by atoms with Gasteiger partial charge in [0.25, 0.3) is 0 Å². The number of carbonyl (C=O) groups excluding carboxylic acids is 1. The summed E-state index contributed by atoms with van der Waals surface area (Å²) in [7, 11) is 0. The van der Waals surface area contributed by atoms with Crippen molar-refractivity contribution in [3.63, 3.8) is 0 Å². The van der Waals surface area contributed by atoms with Crippen LogP contribution in [0.2, 0.25) is 0 Å². The summed E-state index contributed by atoms with van der Waals surface area (Å²) >= 11 is 0. The van der Waals surface area contributed by atoms with Gasteiger partial charge in [0.15, 0.2) is 0 Å². The highest BCUT2D eigenvalue weighted by molar-refractivity contribution is 5.89. The van der Waals surface area contributed by atoms with Gasteiger partial charge >= 0.3 is 6.09 Å². The Hall–Kier alpha value is -1.55. The van der Waals surface area contributed by atoms with Crippen molar-refractivity contribution >= 4 is 11.8 Å². The Morgan fingerprint density at radius 1 is 1.30 bits per heavy atom. The summed E-state index contributed by atoms with van der Waals surface area (Å²) in [6.07, 6.45) is 1.37. The van der Waals surface area contributed by atoms with Crippen LogP contribution in [0.1, 0.15) is 32.8 Å². The van der Waals surface area contributed by atoms with Gasteiger partial charge in [-0.3, -0.25) is 4.90 Å². The number of aryl methyl sites for hydroxylation is 1. The Bertz CT molecular complexity index is 462. The van der Waals surface area contributed by atoms with E-state index in [1.165, 1.54) is 5.56 Å². The molecule has 1 N–H and O–H groups in total. The summed E-state index contributed by atoms with van der Waals surface area (Å²) in [5.41, 5.74) is 2.42. The molecule has 0 unspecified atom stereocenters. The van der Waals surface area contributed by atoms with Crippen LogP contribution in [0.3, 0.4) is 0 Å². The summed E-state index contributed by atoms with van der Waals surface area (Å²) < 4.78 is 5.04. The highest BCUT2D eigenvalue weighted by atomic mass is 16.6. The van der Waals surface area contributed by atoms with Crippen LogP contribution in [0.4, 0.5) is 10.5 Å². The monoisotopic (exact) mass is 277 g/mol. The van der Waals surface area contributed by atoms with Crippen molar-refractivity contribution in [2.75, 3.05) is 18.1 Å². The average Bonchev–Trinajstić information content (AvgIpc) is 2.77. The fraction of sp³-hybridized carbons (Fsp3) is 0.562. The maximum atomic E-state index is 11.7. The number of carbonyl (C=O) groups is 1. The number of cyclic esters (lactones) is 1. The second-order valence-electron chi connectivity index (χ2n) is 6.53. The number of hydrogen-bond donors (Lipinski definition) is 1. The van der Waals surface area contributed by atoms with Crippen LogP contribution in [-0.2, 0) is 11.2 Å². The molecule has 1 saturated heterocycles. The van der Waals surface area contributed by atoms with E-state index in [1.54, 1.807) is 4.90 Å². The molecule has 0 radical (unpaired) electrons. The molecule has 0 aliphatic carbocycles. The SMILES string of the molecule is CC(C)(C)CCc1ccc(N2C[C@H](CO)OC2=O)cc1. The largest absolute Gasteiger partial charge is 0.441 e. The molecular formula is C16H23NO3. The van der Waals surface area contributed by atoms with Crippen LogP contribution in [0.5, 0.6) is 0 Å². The Morgan fingerprint density at radius 3 is 2.45 bits per heavy atom. The van der Waals surface area contributed by atoms with Gasteiger partial charge in [-0.1, -0.05) is 32.9 Å². The summed E-state index contributed by atoms with van der Waals surface area (Å²) in [5.74, 6) is 0. The molecule has 2 rings (SSSR count). The first-order valence-electron chi connectivity index (χ1n) is 7.07. The van der Waals surface area contributed by atoms with Gasteiger partial charge < -0.3 is 9.84 Å². The summed E-state index contributed by atoms with van der Waals surface area (Å²) in [6, 6.07) is 8.00. The van der Waals surface area contributed by atoms with Crippen molar-refractivity contribution in [3.05, 3.63) is 29.8 Å². The van der Waals surface area contributed by atoms with Gasteiger partial charge in [0.2, 0.25) is 0 Å². The number of aliphatic hydroxyl groups excluding tert-OH is 1. The Balaban J connectivity index is 2.00. The minimum absolute atomic E-state index is 0.133. The molecule has 1 aliphatic heterocycles. The topological polar surface area (TPSA) is 49.8 Å². The zero-order valence-corrected chi connectivity index (χ0v) is 12.4. The van der Waals surface area contributed by atoms with Gasteiger partial charge in [0.05, 0.1) is 13.2 Å². The van der Waals surface area contributed by atoms with E-state index in [2.05, 4.69) is 32.9 Å². The smallest absolute Gasteiger partial charge is 0.414 e. The second kappa shape index (κ2) is 5.83. The number of nitrogens with zero attached hydrogens (tertiary/aromatic N) is 1. The van der Waals surface area contributed by atoms with Crippen LogP contribution < -0.4 is 4.90 Å². The first-order valence-corrected chi connectivity index (χ1v) is 7.07. The maximum absolute atomic E-state index is 11.7. The number of hydrogen-bond acceptors (Lipinski definition) is 3. The number of rotatable bonds is 4. The lowest BCUT2D eigenvalue weighted by Gasteiger charge is -2.18. The Kier molecular flexibility index (Phi) is 4.33. The lowest BCUT2D eigenvalue weighted by molar-refractivity contribution is 0.0963. The second-order valence-corrected chi connectivity index (χ2v) is 6.53. The van der Waals surface area contributed by atoms with Crippen molar-refractivity contribution in [1.82, 2.24) is 0 Å². The van der Waals surface area contributed by atoms with E-state index in [0.717, 1.165) is 18.5 Å². The van der Waals surface area contributed by atoms with Gasteiger partial charge in [0, 0.05) is 5.69 Å². The predicted molar refractivity (Wildman–Crippen MR) is 78.9 cm³/mol. The standard InChI is InChI=1S/C16H23NO3/c1-16(2,3)9-8-12-4-6-13(7-5-12)17-10-14(11-18)20-15(17)19/h4-7,14,18H,8-11H2,1-3H3/t14-/m1/s1. The summed E-state index contributed by atoms with van der Waals surface area (Å²) in [5, 5.41) is 9.03. The molecule has 1 aliphatic rings. The summed E-state index contributed by atoms with van der Waals surface area (Å²) in [4.78, 5) is 13.2. The summed E-state index contributed by atoms with van der Waals surface area (Å²) in [6.45, 7) is 6.98. The Morgan fingerprint density at radius 2 is 1.95 bits per heavy atom. The van der Waals surface area contributed by atoms with Crippen LogP contribution in [0.15, 0.2) is 24.3 Å². The number of anilines is 1. The predicted octanol–water partition coefficient (Wildman–Crippen LogP) is 2.98. The molecule has 1 fully saturated rings. The number of amides is 1. The van der Waals surface area contributed by atoms with Gasteiger partial charge in [-0.25, -0.2) is 4.79 Å². The normalized spacial score (nSPS) is 19.3. The van der Waals surface area contributed by atoms with E-state index in [4.69, 9.17) is 9.84 Å². The van der Waals surface area contributed by atoms with E-state index in [-0.39, 0.29) is 12.7 Å². The van der Waals surface area contributed by atoms with Crippen LogP contribution >= 0.6 is 0 Å². The van der Waals surface area contributed by atoms with Gasteiger partial charge in [-0.15, -0.1) is 0 Å². The number of aliphatic hydroxyl groups is 1. The van der Waals surface area contributed by atoms with Crippen molar-refractivity contribution in [2.45, 2.75) is 39.7 Å². The molecule has 1 amide bonds. The molecular weight excluding hydrogens is 254 g/mol. The molecule has 1 atom stereocenters. The van der Waals surface area contributed by atoms with Gasteiger partial charge in [-0.2, -0.15) is 0 Å². The van der Waals surface area contributed by atoms with Crippen LogP contribution in [0, 0.1) is 5.41 Å². The van der Waals surface area contributed by atoms with Crippen molar-refractivity contribution in [2.24, 2.45) is 5.41 Å². The molecule has 4 nitrogen and oxygen atoms in total. The quantitative estimate of drug-likeness (QED) is 0.920. The van der Waals surface area contributed by atoms with Crippen molar-refractivity contribution < 1.29 is 14.6 Å². The van der Waals surface area contributed by atoms with Gasteiger partial charge in [-0.05, 0) is 36.0 Å². The van der Waals surface area contributed by atoms with Crippen molar-refractivity contribution in [1.29, 1.82) is 0 Å². The van der Waals surface area contributed by atoms with E-state index >= 15 is 0 Å². The third kappa shape index (κ3) is 3.73. The Labute approximate surface area is 120 Å². The lowest BCUT2D eigenvalue weighted by Crippen LogP contribution is -2.25. The number of ether oxygens (including phenoxy) is 1. The highest BCUT2D eigenvalue weighted by Crippen LogP contribution is 2.24.